The van der Waals surface area contributed by atoms with E-state index in [0.29, 0.717) is 0 Å². The van der Waals surface area contributed by atoms with Gasteiger partial charge in [-0.3, -0.25) is 0 Å². The standard InChI is InChI=1S/C28H18N2S2/c1-3-9-19(10-4-1)21-13-7-15-23(17-21)25-29-27-28(31-25)30-26(32-27)24-16-8-14-22(18-24)20-11-5-2-6-12-20/h1-18H. The molecule has 6 rings (SSSR count). The molecule has 0 aliphatic rings. The van der Waals surface area contributed by atoms with Gasteiger partial charge in [0, 0.05) is 11.1 Å². The van der Waals surface area contributed by atoms with Gasteiger partial charge in [0.25, 0.3) is 0 Å². The van der Waals surface area contributed by atoms with Crippen molar-refractivity contribution in [2.45, 2.75) is 0 Å². The van der Waals surface area contributed by atoms with E-state index in [1.807, 2.05) is 12.1 Å². The SMILES string of the molecule is c1ccc(-c2cccc(-c3nc4sc(-c5cccc(-c6ccccc6)c5)nc4s3)c2)cc1. The fraction of sp³-hybridized carbons (Fsp3) is 0. The first-order valence-corrected chi connectivity index (χ1v) is 12.1. The highest BCUT2D eigenvalue weighted by molar-refractivity contribution is 7.29. The number of hydrogen-bond acceptors (Lipinski definition) is 4. The van der Waals surface area contributed by atoms with Crippen molar-refractivity contribution in [1.29, 1.82) is 0 Å². The van der Waals surface area contributed by atoms with Crippen LogP contribution in [0.2, 0.25) is 0 Å². The Morgan fingerprint density at radius 3 is 1.19 bits per heavy atom. The van der Waals surface area contributed by atoms with E-state index >= 15 is 0 Å². The van der Waals surface area contributed by atoms with Crippen LogP contribution in [0.15, 0.2) is 109 Å². The molecule has 0 aliphatic heterocycles. The van der Waals surface area contributed by atoms with Crippen molar-refractivity contribution in [3.63, 3.8) is 0 Å². The molecule has 0 radical (unpaired) electrons. The molecule has 4 heteroatoms. The van der Waals surface area contributed by atoms with Crippen molar-refractivity contribution in [1.82, 2.24) is 9.97 Å². The fourth-order valence-electron chi connectivity index (χ4n) is 3.81. The number of rotatable bonds is 4. The van der Waals surface area contributed by atoms with Gasteiger partial charge in [-0.15, -0.1) is 0 Å². The molecule has 2 nitrogen and oxygen atoms in total. The molecular weight excluding hydrogens is 428 g/mol. The molecule has 0 saturated heterocycles. The van der Waals surface area contributed by atoms with E-state index in [-0.39, 0.29) is 0 Å². The number of fused-ring (bicyclic) bond motifs is 1. The number of nitrogens with zero attached hydrogens (tertiary/aromatic N) is 2. The maximum atomic E-state index is 4.92. The number of benzene rings is 4. The third-order valence-electron chi connectivity index (χ3n) is 5.41. The lowest BCUT2D eigenvalue weighted by atomic mass is 10.0. The van der Waals surface area contributed by atoms with Crippen molar-refractivity contribution in [2.75, 3.05) is 0 Å². The Bertz CT molecular complexity index is 1370. The molecule has 0 amide bonds. The molecule has 2 heterocycles. The van der Waals surface area contributed by atoms with Crippen LogP contribution >= 0.6 is 22.7 Å². The van der Waals surface area contributed by atoms with Gasteiger partial charge in [0.05, 0.1) is 0 Å². The molecule has 2 aromatic heterocycles. The van der Waals surface area contributed by atoms with Gasteiger partial charge in [-0.1, -0.05) is 120 Å². The van der Waals surface area contributed by atoms with Crippen LogP contribution in [0.3, 0.4) is 0 Å². The molecule has 0 spiro atoms. The van der Waals surface area contributed by atoms with Gasteiger partial charge in [0.2, 0.25) is 0 Å². The minimum absolute atomic E-state index is 0.996. The van der Waals surface area contributed by atoms with E-state index < -0.39 is 0 Å². The topological polar surface area (TPSA) is 25.8 Å². The second-order valence-electron chi connectivity index (χ2n) is 7.54. The second-order valence-corrected chi connectivity index (χ2v) is 9.50. The van der Waals surface area contributed by atoms with Crippen molar-refractivity contribution in [2.24, 2.45) is 0 Å². The Balaban J connectivity index is 1.34. The average Bonchev–Trinajstić information content (AvgIpc) is 3.45. The second kappa shape index (κ2) is 8.15. The molecule has 32 heavy (non-hydrogen) atoms. The van der Waals surface area contributed by atoms with E-state index in [1.165, 1.54) is 22.3 Å². The van der Waals surface area contributed by atoms with Gasteiger partial charge in [-0.2, -0.15) is 0 Å². The zero-order valence-electron chi connectivity index (χ0n) is 17.1. The predicted molar refractivity (Wildman–Crippen MR) is 137 cm³/mol. The zero-order chi connectivity index (χ0) is 21.3. The predicted octanol–water partition coefficient (Wildman–Crippen LogP) is 8.42. The van der Waals surface area contributed by atoms with Crippen LogP contribution in [-0.4, -0.2) is 9.97 Å². The normalized spacial score (nSPS) is 11.1. The quantitative estimate of drug-likeness (QED) is 0.271. The summed E-state index contributed by atoms with van der Waals surface area (Å²) in [5.74, 6) is 0. The Morgan fingerprint density at radius 1 is 0.375 bits per heavy atom. The monoisotopic (exact) mass is 446 g/mol. The summed E-state index contributed by atoms with van der Waals surface area (Å²) in [7, 11) is 0. The summed E-state index contributed by atoms with van der Waals surface area (Å²) in [6, 6.07) is 38.1. The summed E-state index contributed by atoms with van der Waals surface area (Å²) in [6.07, 6.45) is 0. The van der Waals surface area contributed by atoms with Crippen molar-refractivity contribution in [3.05, 3.63) is 109 Å². The summed E-state index contributed by atoms with van der Waals surface area (Å²) in [4.78, 5) is 11.8. The van der Waals surface area contributed by atoms with E-state index in [4.69, 9.17) is 9.97 Å². The minimum Gasteiger partial charge on any atom is -0.223 e. The first kappa shape index (κ1) is 19.1. The van der Waals surface area contributed by atoms with E-state index in [0.717, 1.165) is 30.8 Å². The Hall–Kier alpha value is -3.60. The van der Waals surface area contributed by atoms with Crippen LogP contribution in [0.25, 0.3) is 53.1 Å². The van der Waals surface area contributed by atoms with Gasteiger partial charge < -0.3 is 0 Å². The summed E-state index contributed by atoms with van der Waals surface area (Å²) in [5.41, 5.74) is 7.10. The third-order valence-corrected chi connectivity index (χ3v) is 7.53. The highest BCUT2D eigenvalue weighted by Crippen LogP contribution is 2.38. The highest BCUT2D eigenvalue weighted by atomic mass is 32.1. The molecule has 0 atom stereocenters. The molecule has 0 saturated carbocycles. The molecule has 4 aromatic carbocycles. The number of hydrogen-bond donors (Lipinski definition) is 0. The lowest BCUT2D eigenvalue weighted by Gasteiger charge is -2.04. The molecule has 0 aliphatic carbocycles. The van der Waals surface area contributed by atoms with Crippen LogP contribution in [0.1, 0.15) is 0 Å². The number of thiazole rings is 2. The highest BCUT2D eigenvalue weighted by Gasteiger charge is 2.14. The smallest absolute Gasteiger partial charge is 0.155 e. The molecule has 0 N–H and O–H groups in total. The summed E-state index contributed by atoms with van der Waals surface area (Å²) >= 11 is 3.32. The Kier molecular flexibility index (Phi) is 4.87. The fourth-order valence-corrected chi connectivity index (χ4v) is 5.85. The molecule has 6 aromatic rings. The van der Waals surface area contributed by atoms with Crippen LogP contribution in [0.4, 0.5) is 0 Å². The van der Waals surface area contributed by atoms with Crippen molar-refractivity contribution in [3.8, 4) is 43.4 Å². The van der Waals surface area contributed by atoms with Crippen LogP contribution in [0, 0.1) is 0 Å². The first-order valence-electron chi connectivity index (χ1n) is 10.4. The number of aromatic nitrogens is 2. The first-order chi connectivity index (χ1) is 15.8. The summed E-state index contributed by atoms with van der Waals surface area (Å²) in [6.45, 7) is 0. The maximum Gasteiger partial charge on any atom is 0.155 e. The van der Waals surface area contributed by atoms with E-state index in [2.05, 4.69) is 97.1 Å². The molecule has 0 unspecified atom stereocenters. The molecule has 0 fully saturated rings. The summed E-state index contributed by atoms with van der Waals surface area (Å²) < 4.78 is 0. The van der Waals surface area contributed by atoms with Gasteiger partial charge in [0.15, 0.2) is 9.66 Å². The van der Waals surface area contributed by atoms with Crippen LogP contribution in [-0.2, 0) is 0 Å². The van der Waals surface area contributed by atoms with Crippen molar-refractivity contribution >= 4 is 32.3 Å². The Labute approximate surface area is 194 Å². The maximum absolute atomic E-state index is 4.92. The van der Waals surface area contributed by atoms with Crippen molar-refractivity contribution < 1.29 is 0 Å². The minimum atomic E-state index is 0.996. The van der Waals surface area contributed by atoms with Crippen LogP contribution < -0.4 is 0 Å². The molecule has 0 bridgehead atoms. The van der Waals surface area contributed by atoms with Crippen LogP contribution in [0.5, 0.6) is 0 Å². The lowest BCUT2D eigenvalue weighted by molar-refractivity contribution is 1.48. The Morgan fingerprint density at radius 2 is 0.750 bits per heavy atom. The van der Waals surface area contributed by atoms with Gasteiger partial charge in [0.1, 0.15) is 10.0 Å². The third kappa shape index (κ3) is 3.64. The average molecular weight is 447 g/mol. The van der Waals surface area contributed by atoms with E-state index in [9.17, 15) is 0 Å². The zero-order valence-corrected chi connectivity index (χ0v) is 18.7. The van der Waals surface area contributed by atoms with Gasteiger partial charge in [-0.05, 0) is 34.4 Å². The largest absolute Gasteiger partial charge is 0.223 e. The summed E-state index contributed by atoms with van der Waals surface area (Å²) in [5, 5.41) is 2.03. The van der Waals surface area contributed by atoms with Gasteiger partial charge in [-0.25, -0.2) is 9.97 Å². The molecule has 152 valence electrons. The molecular formula is C28H18N2S2. The van der Waals surface area contributed by atoms with E-state index in [1.54, 1.807) is 22.7 Å². The van der Waals surface area contributed by atoms with Gasteiger partial charge >= 0.3 is 0 Å². The lowest BCUT2D eigenvalue weighted by Crippen LogP contribution is -1.81.